The third-order valence-corrected chi connectivity index (χ3v) is 2.49. The zero-order valence-electron chi connectivity index (χ0n) is 13.3. The first-order chi connectivity index (χ1) is 10.7. The first-order valence-corrected chi connectivity index (χ1v) is 7.38. The van der Waals surface area contributed by atoms with Gasteiger partial charge in [0.05, 0.1) is 59.3 Å². The molecule has 0 fully saturated rings. The fraction of sp³-hybridized carbons (Fsp3) is 0.733. The van der Waals surface area contributed by atoms with Crippen molar-refractivity contribution in [2.45, 2.75) is 12.8 Å². The van der Waals surface area contributed by atoms with Gasteiger partial charge in [-0.3, -0.25) is 9.79 Å². The maximum Gasteiger partial charge on any atom is 0.305 e. The molecule has 0 unspecified atom stereocenters. The molecule has 0 aromatic carbocycles. The molecule has 22 heavy (non-hydrogen) atoms. The number of carbonyl (C=O) groups is 1. The second kappa shape index (κ2) is 16.1. The number of hydrogen-bond donors (Lipinski definition) is 2. The molecule has 0 saturated heterocycles. The van der Waals surface area contributed by atoms with Crippen molar-refractivity contribution >= 4 is 12.2 Å². The van der Waals surface area contributed by atoms with Crippen molar-refractivity contribution in [3.63, 3.8) is 0 Å². The largest absolute Gasteiger partial charge is 0.481 e. The van der Waals surface area contributed by atoms with Crippen molar-refractivity contribution in [1.29, 1.82) is 0 Å². The number of rotatable bonds is 16. The lowest BCUT2D eigenvalue weighted by Crippen LogP contribution is -2.63. The number of nitrogens with one attached hydrogen (secondary N) is 1. The second-order valence-corrected chi connectivity index (χ2v) is 4.43. The molecule has 128 valence electrons. The van der Waals surface area contributed by atoms with Crippen molar-refractivity contribution in [2.75, 3.05) is 59.9 Å². The Kier molecular flexibility index (Phi) is 15.2. The first-order valence-electron chi connectivity index (χ1n) is 7.38. The van der Waals surface area contributed by atoms with Gasteiger partial charge in [0.2, 0.25) is 0 Å². The summed E-state index contributed by atoms with van der Waals surface area (Å²) in [6.07, 6.45) is 2.66. The predicted molar refractivity (Wildman–Crippen MR) is 82.2 cm³/mol. The van der Waals surface area contributed by atoms with Crippen LogP contribution in [0.2, 0.25) is 0 Å². The summed E-state index contributed by atoms with van der Waals surface area (Å²) in [6, 6.07) is 0. The topological polar surface area (TPSA) is 88.2 Å². The molecular weight excluding hydrogens is 290 g/mol. The van der Waals surface area contributed by atoms with Crippen LogP contribution in [0.4, 0.5) is 0 Å². The SMILES string of the molecule is C=C(C=[NH+]C)CCOCCOCCOCCOCCC(=O)O. The van der Waals surface area contributed by atoms with E-state index in [-0.39, 0.29) is 13.0 Å². The molecule has 2 N–H and O–H groups in total. The molecule has 0 rings (SSSR count). The summed E-state index contributed by atoms with van der Waals surface area (Å²) in [5, 5.41) is 8.40. The highest BCUT2D eigenvalue weighted by atomic mass is 16.6. The molecule has 0 aromatic rings. The summed E-state index contributed by atoms with van der Waals surface area (Å²) < 4.78 is 21.1. The Bertz CT molecular complexity index is 319. The monoisotopic (exact) mass is 318 g/mol. The minimum Gasteiger partial charge on any atom is -0.481 e. The molecule has 0 heterocycles. The Balaban J connectivity index is 3.08. The highest BCUT2D eigenvalue weighted by Gasteiger charge is 1.97. The van der Waals surface area contributed by atoms with Gasteiger partial charge < -0.3 is 24.1 Å². The van der Waals surface area contributed by atoms with Crippen molar-refractivity contribution in [2.24, 2.45) is 0 Å². The van der Waals surface area contributed by atoms with E-state index in [1.165, 1.54) is 0 Å². The number of aliphatic carboxylic acids is 1. The third kappa shape index (κ3) is 16.8. The molecule has 7 nitrogen and oxygen atoms in total. The normalized spacial score (nSPS) is 11.1. The minimum atomic E-state index is -0.860. The Morgan fingerprint density at radius 3 is 1.73 bits per heavy atom. The predicted octanol–water partition coefficient (Wildman–Crippen LogP) is -0.745. The lowest BCUT2D eigenvalue weighted by molar-refractivity contribution is -0.413. The van der Waals surface area contributed by atoms with Crippen molar-refractivity contribution in [3.05, 3.63) is 12.2 Å². The molecule has 7 heteroatoms. The fourth-order valence-electron chi connectivity index (χ4n) is 1.40. The van der Waals surface area contributed by atoms with E-state index in [0.29, 0.717) is 46.2 Å². The van der Waals surface area contributed by atoms with Crippen molar-refractivity contribution in [1.82, 2.24) is 0 Å². The standard InChI is InChI=1S/C15H27NO6/c1-14(13-16-2)3-5-19-7-9-21-11-12-22-10-8-20-6-4-15(17)18/h13H,1,3-12H2,2H3,(H,17,18)/p+1. The van der Waals surface area contributed by atoms with Crippen LogP contribution in [0.15, 0.2) is 12.2 Å². The molecule has 0 aliphatic heterocycles. The molecule has 0 atom stereocenters. The Morgan fingerprint density at radius 1 is 0.909 bits per heavy atom. The summed E-state index contributed by atoms with van der Waals surface area (Å²) in [6.45, 7) is 7.59. The summed E-state index contributed by atoms with van der Waals surface area (Å²) in [5.74, 6) is -0.860. The summed E-state index contributed by atoms with van der Waals surface area (Å²) in [7, 11) is 1.84. The smallest absolute Gasteiger partial charge is 0.305 e. The molecule has 0 aromatic heterocycles. The molecule has 0 bridgehead atoms. The van der Waals surface area contributed by atoms with E-state index in [2.05, 4.69) is 11.6 Å². The van der Waals surface area contributed by atoms with E-state index >= 15 is 0 Å². The van der Waals surface area contributed by atoms with E-state index in [1.807, 2.05) is 13.3 Å². The van der Waals surface area contributed by atoms with E-state index in [0.717, 1.165) is 12.0 Å². The number of carboxylic acids is 1. The van der Waals surface area contributed by atoms with Gasteiger partial charge >= 0.3 is 5.97 Å². The molecule has 0 amide bonds. The van der Waals surface area contributed by atoms with Gasteiger partial charge in [-0.05, 0) is 0 Å². The summed E-state index contributed by atoms with van der Waals surface area (Å²) >= 11 is 0. The van der Waals surface area contributed by atoms with Crippen LogP contribution in [0.25, 0.3) is 0 Å². The number of hydrogen-bond acceptors (Lipinski definition) is 5. The van der Waals surface area contributed by atoms with Gasteiger partial charge in [-0.2, -0.15) is 0 Å². The quantitative estimate of drug-likeness (QED) is 0.288. The summed E-state index contributed by atoms with van der Waals surface area (Å²) in [4.78, 5) is 13.1. The number of carboxylic acid groups (broad SMARTS) is 1. The van der Waals surface area contributed by atoms with E-state index in [4.69, 9.17) is 24.1 Å². The maximum atomic E-state index is 10.2. The van der Waals surface area contributed by atoms with E-state index in [9.17, 15) is 4.79 Å². The molecule has 0 aliphatic rings. The van der Waals surface area contributed by atoms with E-state index < -0.39 is 5.97 Å². The zero-order valence-corrected chi connectivity index (χ0v) is 13.3. The average Bonchev–Trinajstić information content (AvgIpc) is 2.47. The van der Waals surface area contributed by atoms with Crippen LogP contribution in [0.5, 0.6) is 0 Å². The maximum absolute atomic E-state index is 10.2. The zero-order chi connectivity index (χ0) is 16.5. The highest BCUT2D eigenvalue weighted by Crippen LogP contribution is 1.92. The van der Waals surface area contributed by atoms with Crippen LogP contribution in [0, 0.1) is 0 Å². The van der Waals surface area contributed by atoms with Crippen LogP contribution in [-0.4, -0.2) is 77.2 Å². The van der Waals surface area contributed by atoms with Crippen LogP contribution in [-0.2, 0) is 23.7 Å². The van der Waals surface area contributed by atoms with Gasteiger partial charge in [0, 0.05) is 12.0 Å². The highest BCUT2D eigenvalue weighted by molar-refractivity contribution is 5.72. The van der Waals surface area contributed by atoms with Crippen LogP contribution < -0.4 is 4.99 Å². The molecule has 0 spiro atoms. The van der Waals surface area contributed by atoms with Crippen molar-refractivity contribution < 1.29 is 33.8 Å². The Hall–Kier alpha value is -1.28. The van der Waals surface area contributed by atoms with Gasteiger partial charge in [0.1, 0.15) is 7.05 Å². The summed E-state index contributed by atoms with van der Waals surface area (Å²) in [5.41, 5.74) is 1.00. The number of ether oxygens (including phenoxy) is 4. The Labute approximate surface area is 131 Å². The van der Waals surface area contributed by atoms with Gasteiger partial charge in [0.25, 0.3) is 0 Å². The van der Waals surface area contributed by atoms with Gasteiger partial charge in [-0.15, -0.1) is 0 Å². The van der Waals surface area contributed by atoms with Crippen molar-refractivity contribution in [3.8, 4) is 0 Å². The van der Waals surface area contributed by atoms with Gasteiger partial charge in [-0.25, -0.2) is 0 Å². The first kappa shape index (κ1) is 20.7. The van der Waals surface area contributed by atoms with E-state index in [1.54, 1.807) is 0 Å². The van der Waals surface area contributed by atoms with Crippen LogP contribution in [0.3, 0.4) is 0 Å². The second-order valence-electron chi connectivity index (χ2n) is 4.43. The van der Waals surface area contributed by atoms with Crippen LogP contribution in [0.1, 0.15) is 12.8 Å². The molecule has 0 aliphatic carbocycles. The minimum absolute atomic E-state index is 0.0173. The Morgan fingerprint density at radius 2 is 1.32 bits per heavy atom. The fourth-order valence-corrected chi connectivity index (χ4v) is 1.40. The lowest BCUT2D eigenvalue weighted by Gasteiger charge is -2.07. The van der Waals surface area contributed by atoms with Gasteiger partial charge in [0.15, 0.2) is 6.21 Å². The van der Waals surface area contributed by atoms with Gasteiger partial charge in [-0.1, -0.05) is 6.58 Å². The lowest BCUT2D eigenvalue weighted by atomic mass is 10.2. The van der Waals surface area contributed by atoms with Crippen LogP contribution >= 0.6 is 0 Å². The molecule has 0 radical (unpaired) electrons. The molecule has 0 saturated carbocycles. The molecular formula is C15H28NO6+. The average molecular weight is 318 g/mol. The third-order valence-electron chi connectivity index (χ3n) is 2.49.